The molecule has 2 aromatic rings. The van der Waals surface area contributed by atoms with Crippen molar-refractivity contribution in [1.29, 1.82) is 0 Å². The van der Waals surface area contributed by atoms with Crippen molar-refractivity contribution in [2.75, 3.05) is 5.32 Å². The zero-order chi connectivity index (χ0) is 16.3. The molecule has 2 atom stereocenters. The van der Waals surface area contributed by atoms with Crippen LogP contribution in [0.2, 0.25) is 0 Å². The van der Waals surface area contributed by atoms with Gasteiger partial charge in [-0.15, -0.1) is 10.2 Å². The van der Waals surface area contributed by atoms with Crippen LogP contribution in [0.3, 0.4) is 0 Å². The Bertz CT molecular complexity index is 821. The minimum absolute atomic E-state index is 0.0250. The molecule has 8 heteroatoms. The van der Waals surface area contributed by atoms with Crippen molar-refractivity contribution >= 4 is 22.5 Å². The third-order valence-corrected chi connectivity index (χ3v) is 6.16. The largest absolute Gasteiger partial charge is 0.324 e. The van der Waals surface area contributed by atoms with E-state index in [0.717, 1.165) is 36.3 Å². The van der Waals surface area contributed by atoms with E-state index in [1.165, 1.54) is 17.5 Å². The zero-order valence-electron chi connectivity index (χ0n) is 12.9. The molecule has 0 radical (unpaired) electrons. The predicted octanol–water partition coefficient (Wildman–Crippen LogP) is 3.24. The molecule has 1 saturated heterocycles. The monoisotopic (exact) mass is 345 g/mol. The van der Waals surface area contributed by atoms with Crippen molar-refractivity contribution < 1.29 is 9.18 Å². The van der Waals surface area contributed by atoms with Gasteiger partial charge in [-0.3, -0.25) is 5.32 Å². The lowest BCUT2D eigenvalue weighted by molar-refractivity contribution is 0.178. The van der Waals surface area contributed by atoms with Gasteiger partial charge in [0.15, 0.2) is 0 Å². The lowest BCUT2D eigenvalue weighted by Gasteiger charge is -2.35. The summed E-state index contributed by atoms with van der Waals surface area (Å²) in [7, 11) is 0. The number of nitrogens with zero attached hydrogens (tertiary/aromatic N) is 4. The van der Waals surface area contributed by atoms with E-state index >= 15 is 0 Å². The van der Waals surface area contributed by atoms with Crippen LogP contribution in [0, 0.1) is 5.95 Å². The van der Waals surface area contributed by atoms with Gasteiger partial charge in [-0.1, -0.05) is 11.3 Å². The van der Waals surface area contributed by atoms with Crippen LogP contribution in [0.25, 0.3) is 0 Å². The molecule has 0 unspecified atom stereocenters. The van der Waals surface area contributed by atoms with E-state index in [9.17, 15) is 9.18 Å². The average molecular weight is 345 g/mol. The molecule has 2 aromatic heterocycles. The summed E-state index contributed by atoms with van der Waals surface area (Å²) in [5.74, 6) is 0.129. The number of hydrogen-bond donors (Lipinski definition) is 1. The first-order valence-electron chi connectivity index (χ1n) is 8.26. The van der Waals surface area contributed by atoms with E-state index in [0.29, 0.717) is 23.0 Å². The molecule has 24 heavy (non-hydrogen) atoms. The molecule has 4 heterocycles. The van der Waals surface area contributed by atoms with Gasteiger partial charge in [0.1, 0.15) is 5.01 Å². The van der Waals surface area contributed by atoms with Crippen molar-refractivity contribution in [3.63, 3.8) is 0 Å². The van der Waals surface area contributed by atoms with E-state index < -0.39 is 5.95 Å². The van der Waals surface area contributed by atoms with Crippen LogP contribution < -0.4 is 5.32 Å². The summed E-state index contributed by atoms with van der Waals surface area (Å²) in [4.78, 5) is 18.4. The van der Waals surface area contributed by atoms with E-state index in [4.69, 9.17) is 0 Å². The summed E-state index contributed by atoms with van der Waals surface area (Å²) < 4.78 is 14.0. The number of aromatic nitrogens is 3. The van der Waals surface area contributed by atoms with Crippen molar-refractivity contribution in [2.45, 2.75) is 50.1 Å². The third-order valence-electron chi connectivity index (χ3n) is 5.16. The van der Waals surface area contributed by atoms with Crippen molar-refractivity contribution in [1.82, 2.24) is 20.1 Å². The fourth-order valence-corrected chi connectivity index (χ4v) is 4.77. The van der Waals surface area contributed by atoms with Crippen molar-refractivity contribution in [2.24, 2.45) is 0 Å². The van der Waals surface area contributed by atoms with Gasteiger partial charge < -0.3 is 4.90 Å². The Balaban J connectivity index is 1.39. The smallest absolute Gasteiger partial charge is 0.314 e. The molecule has 124 valence electrons. The molecular weight excluding hydrogens is 329 g/mol. The van der Waals surface area contributed by atoms with E-state index in [-0.39, 0.29) is 18.1 Å². The van der Waals surface area contributed by atoms with Crippen LogP contribution in [0.1, 0.15) is 53.8 Å². The highest BCUT2D eigenvalue weighted by atomic mass is 32.1. The van der Waals surface area contributed by atoms with E-state index in [1.807, 2.05) is 11.0 Å². The van der Waals surface area contributed by atoms with Crippen molar-refractivity contribution in [3.8, 4) is 0 Å². The Morgan fingerprint density at radius 2 is 2.17 bits per heavy atom. The van der Waals surface area contributed by atoms with E-state index in [2.05, 4.69) is 20.5 Å². The quantitative estimate of drug-likeness (QED) is 0.848. The highest BCUT2D eigenvalue weighted by Crippen LogP contribution is 2.45. The topological polar surface area (TPSA) is 71.0 Å². The number of rotatable bonds is 2. The molecule has 6 nitrogen and oxygen atoms in total. The van der Waals surface area contributed by atoms with Crippen LogP contribution in [-0.2, 0) is 6.42 Å². The number of hydrogen-bond acceptors (Lipinski definition) is 5. The molecule has 2 fully saturated rings. The minimum Gasteiger partial charge on any atom is -0.314 e. The maximum atomic E-state index is 14.0. The fraction of sp³-hybridized carbons (Fsp3) is 0.500. The summed E-state index contributed by atoms with van der Waals surface area (Å²) in [6.07, 6.45) is 6.08. The van der Waals surface area contributed by atoms with Gasteiger partial charge in [0.05, 0.1) is 6.04 Å². The normalized spacial score (nSPS) is 24.8. The second kappa shape index (κ2) is 5.20. The molecule has 1 saturated carbocycles. The Morgan fingerprint density at radius 1 is 1.29 bits per heavy atom. The molecule has 1 aliphatic carbocycles. The fourth-order valence-electron chi connectivity index (χ4n) is 3.86. The summed E-state index contributed by atoms with van der Waals surface area (Å²) in [5, 5.41) is 12.7. The average Bonchev–Trinajstić information content (AvgIpc) is 3.24. The number of anilines is 1. The Hall–Kier alpha value is -2.09. The summed E-state index contributed by atoms with van der Waals surface area (Å²) in [6, 6.07) is 1.62. The molecule has 0 aromatic carbocycles. The Labute approximate surface area is 142 Å². The standard InChI is InChI=1S/C16H16FN5OS/c17-13-11-7-9-3-4-12(10(11)5-6-18-13)22(9)16(23)19-15-21-20-14(24-15)8-1-2-8/h5-6,8-9,12H,1-4,7H2,(H,19,21,23)/t9-,12+/m0/s1. The number of amides is 2. The number of nitrogens with one attached hydrogen (secondary N) is 1. The van der Waals surface area contributed by atoms with Gasteiger partial charge in [0.25, 0.3) is 0 Å². The third kappa shape index (κ3) is 2.20. The summed E-state index contributed by atoms with van der Waals surface area (Å²) in [5.41, 5.74) is 1.56. The first-order valence-corrected chi connectivity index (χ1v) is 9.08. The first kappa shape index (κ1) is 14.3. The van der Waals surface area contributed by atoms with Crippen LogP contribution >= 0.6 is 11.3 Å². The molecule has 5 rings (SSSR count). The maximum absolute atomic E-state index is 14.0. The number of fused-ring (bicyclic) bond motifs is 4. The number of halogens is 1. The van der Waals surface area contributed by atoms with Gasteiger partial charge in [-0.2, -0.15) is 4.39 Å². The number of carbonyl (C=O) groups is 1. The molecule has 3 aliphatic rings. The number of pyridine rings is 1. The number of carbonyl (C=O) groups excluding carboxylic acids is 1. The Kier molecular flexibility index (Phi) is 3.09. The Morgan fingerprint density at radius 3 is 3.00 bits per heavy atom. The minimum atomic E-state index is -0.400. The van der Waals surface area contributed by atoms with E-state index in [1.54, 1.807) is 0 Å². The highest BCUT2D eigenvalue weighted by molar-refractivity contribution is 7.15. The second-order valence-corrected chi connectivity index (χ2v) is 7.69. The summed E-state index contributed by atoms with van der Waals surface area (Å²) >= 11 is 1.46. The van der Waals surface area contributed by atoms with Gasteiger partial charge >= 0.3 is 6.03 Å². The summed E-state index contributed by atoms with van der Waals surface area (Å²) in [6.45, 7) is 0. The molecule has 2 amide bonds. The van der Waals surface area contributed by atoms with Crippen LogP contribution in [0.5, 0.6) is 0 Å². The van der Waals surface area contributed by atoms with Crippen LogP contribution in [0.15, 0.2) is 12.3 Å². The van der Waals surface area contributed by atoms with Gasteiger partial charge in [-0.05, 0) is 43.7 Å². The lowest BCUT2D eigenvalue weighted by atomic mass is 9.95. The molecule has 2 aliphatic heterocycles. The SMILES string of the molecule is O=C(Nc1nnc(C2CC2)s1)N1[C@H]2CC[C@@H]1c1ccnc(F)c1C2. The van der Waals surface area contributed by atoms with Gasteiger partial charge in [-0.25, -0.2) is 9.78 Å². The molecule has 0 spiro atoms. The second-order valence-electron chi connectivity index (χ2n) is 6.68. The van der Waals surface area contributed by atoms with Crippen LogP contribution in [0.4, 0.5) is 14.3 Å². The predicted molar refractivity (Wildman–Crippen MR) is 86.4 cm³/mol. The maximum Gasteiger partial charge on any atom is 0.324 e. The molecular formula is C16H16FN5OS. The number of urea groups is 1. The molecule has 2 bridgehead atoms. The van der Waals surface area contributed by atoms with Crippen molar-refractivity contribution in [3.05, 3.63) is 34.3 Å². The lowest BCUT2D eigenvalue weighted by Crippen LogP contribution is -2.44. The van der Waals surface area contributed by atoms with Gasteiger partial charge in [0, 0.05) is 23.7 Å². The first-order chi connectivity index (χ1) is 11.7. The van der Waals surface area contributed by atoms with Crippen LogP contribution in [-0.4, -0.2) is 32.2 Å². The highest BCUT2D eigenvalue weighted by Gasteiger charge is 2.44. The van der Waals surface area contributed by atoms with Gasteiger partial charge in [0.2, 0.25) is 11.1 Å². The zero-order valence-corrected chi connectivity index (χ0v) is 13.7. The molecule has 1 N–H and O–H groups in total.